The number of fused-ring (bicyclic) bond motifs is 1. The Kier molecular flexibility index (Phi) is 7.89. The van der Waals surface area contributed by atoms with Gasteiger partial charge in [0.25, 0.3) is 5.56 Å². The van der Waals surface area contributed by atoms with Gasteiger partial charge in [0.15, 0.2) is 11.5 Å². The molecule has 0 amide bonds. The molecule has 2 heterocycles. The van der Waals surface area contributed by atoms with Crippen molar-refractivity contribution in [3.05, 3.63) is 65.2 Å². The van der Waals surface area contributed by atoms with E-state index in [0.717, 1.165) is 22.6 Å². The monoisotopic (exact) mass is 452 g/mol. The van der Waals surface area contributed by atoms with Crippen LogP contribution in [0.25, 0.3) is 26.3 Å². The van der Waals surface area contributed by atoms with Gasteiger partial charge in [0.2, 0.25) is 0 Å². The van der Waals surface area contributed by atoms with Crippen LogP contribution >= 0.6 is 11.3 Å². The molecule has 0 aliphatic heterocycles. The van der Waals surface area contributed by atoms with Gasteiger partial charge in [0.05, 0.1) is 32.0 Å². The summed E-state index contributed by atoms with van der Waals surface area (Å²) in [5, 5.41) is 0. The van der Waals surface area contributed by atoms with Crippen LogP contribution in [0.3, 0.4) is 0 Å². The van der Waals surface area contributed by atoms with Crippen LogP contribution in [0.2, 0.25) is 0 Å². The molecular formula is C25H28N2O4S. The van der Waals surface area contributed by atoms with Gasteiger partial charge in [-0.25, -0.2) is 4.98 Å². The molecule has 2 aromatic heterocycles. The minimum absolute atomic E-state index is 0.117. The van der Waals surface area contributed by atoms with Crippen molar-refractivity contribution in [2.75, 3.05) is 20.8 Å². The second kappa shape index (κ2) is 10.8. The number of hydrogen-bond donors (Lipinski definition) is 0. The summed E-state index contributed by atoms with van der Waals surface area (Å²) >= 11 is 1.43. The zero-order valence-electron chi connectivity index (χ0n) is 19.0. The van der Waals surface area contributed by atoms with E-state index < -0.39 is 0 Å². The highest BCUT2D eigenvalue weighted by atomic mass is 32.1. The van der Waals surface area contributed by atoms with Gasteiger partial charge >= 0.3 is 0 Å². The minimum atomic E-state index is -0.117. The van der Waals surface area contributed by atoms with E-state index in [1.807, 2.05) is 63.2 Å². The van der Waals surface area contributed by atoms with Crippen LogP contribution in [-0.2, 0) is 0 Å². The molecule has 0 saturated carbocycles. The van der Waals surface area contributed by atoms with Crippen LogP contribution in [0, 0.1) is 0 Å². The van der Waals surface area contributed by atoms with E-state index in [1.165, 1.54) is 15.9 Å². The Morgan fingerprint density at radius 2 is 1.72 bits per heavy atom. The molecule has 4 aromatic rings. The topological polar surface area (TPSA) is 62.6 Å². The molecule has 32 heavy (non-hydrogen) atoms. The van der Waals surface area contributed by atoms with Gasteiger partial charge in [0, 0.05) is 10.9 Å². The molecule has 0 saturated heterocycles. The predicted octanol–water partition coefficient (Wildman–Crippen LogP) is 5.95. The molecule has 2 aromatic carbocycles. The normalized spacial score (nSPS) is 10.4. The Morgan fingerprint density at radius 3 is 2.38 bits per heavy atom. The van der Waals surface area contributed by atoms with Gasteiger partial charge < -0.3 is 14.2 Å². The quantitative estimate of drug-likeness (QED) is 0.347. The lowest BCUT2D eigenvalue weighted by atomic mass is 10.2. The van der Waals surface area contributed by atoms with Crippen molar-refractivity contribution in [2.45, 2.75) is 27.2 Å². The maximum absolute atomic E-state index is 13.2. The summed E-state index contributed by atoms with van der Waals surface area (Å²) in [6.07, 6.45) is 2.45. The average Bonchev–Trinajstić information content (AvgIpc) is 3.29. The number of thiophene rings is 1. The van der Waals surface area contributed by atoms with E-state index in [0.29, 0.717) is 34.0 Å². The second-order valence-corrected chi connectivity index (χ2v) is 7.71. The van der Waals surface area contributed by atoms with Crippen molar-refractivity contribution in [1.29, 1.82) is 0 Å². The number of benzene rings is 2. The van der Waals surface area contributed by atoms with E-state index in [-0.39, 0.29) is 5.56 Å². The van der Waals surface area contributed by atoms with Crippen molar-refractivity contribution in [2.24, 2.45) is 0 Å². The fourth-order valence-electron chi connectivity index (χ4n) is 3.13. The molecule has 6 nitrogen and oxygen atoms in total. The number of nitrogens with zero attached hydrogens (tertiary/aromatic N) is 2. The Morgan fingerprint density at radius 1 is 0.969 bits per heavy atom. The van der Waals surface area contributed by atoms with Crippen molar-refractivity contribution in [3.8, 4) is 33.4 Å². The molecule has 0 spiro atoms. The molecule has 0 N–H and O–H groups in total. The van der Waals surface area contributed by atoms with Crippen LogP contribution in [-0.4, -0.2) is 30.4 Å². The first-order valence-electron chi connectivity index (χ1n) is 10.6. The molecule has 0 atom stereocenters. The number of aromatic nitrogens is 2. The predicted molar refractivity (Wildman–Crippen MR) is 131 cm³/mol. The fraction of sp³-hybridized carbons (Fsp3) is 0.280. The largest absolute Gasteiger partial charge is 0.497 e. The van der Waals surface area contributed by atoms with E-state index in [9.17, 15) is 4.79 Å². The number of rotatable bonds is 7. The first-order chi connectivity index (χ1) is 15.6. The van der Waals surface area contributed by atoms with Gasteiger partial charge in [0.1, 0.15) is 16.8 Å². The Hall–Kier alpha value is -3.32. The van der Waals surface area contributed by atoms with Crippen LogP contribution in [0.4, 0.5) is 0 Å². The van der Waals surface area contributed by atoms with Crippen molar-refractivity contribution in [3.63, 3.8) is 0 Å². The summed E-state index contributed by atoms with van der Waals surface area (Å²) in [4.78, 5) is 18.7. The number of methoxy groups -OCH3 is 2. The maximum Gasteiger partial charge on any atom is 0.275 e. The van der Waals surface area contributed by atoms with Crippen molar-refractivity contribution < 1.29 is 14.2 Å². The van der Waals surface area contributed by atoms with Crippen molar-refractivity contribution >= 4 is 21.6 Å². The molecule has 0 unspecified atom stereocenters. The zero-order chi connectivity index (χ0) is 23.1. The third kappa shape index (κ3) is 4.78. The Balaban J connectivity index is 0.00000141. The zero-order valence-corrected chi connectivity index (χ0v) is 19.9. The van der Waals surface area contributed by atoms with Gasteiger partial charge in [-0.3, -0.25) is 9.36 Å². The second-order valence-electron chi connectivity index (χ2n) is 6.66. The average molecular weight is 453 g/mol. The smallest absolute Gasteiger partial charge is 0.275 e. The first-order valence-corrected chi connectivity index (χ1v) is 11.4. The third-order valence-electron chi connectivity index (χ3n) is 4.70. The molecule has 0 aliphatic carbocycles. The number of ether oxygens (including phenoxy) is 3. The lowest BCUT2D eigenvalue weighted by Crippen LogP contribution is -2.17. The molecule has 0 radical (unpaired) electrons. The highest BCUT2D eigenvalue weighted by Crippen LogP contribution is 2.33. The summed E-state index contributed by atoms with van der Waals surface area (Å²) in [6.45, 7) is 6.65. The van der Waals surface area contributed by atoms with E-state index in [2.05, 4.69) is 4.98 Å². The molecular weight excluding hydrogens is 424 g/mol. The van der Waals surface area contributed by atoms with Gasteiger partial charge in [-0.15, -0.1) is 11.3 Å². The summed E-state index contributed by atoms with van der Waals surface area (Å²) < 4.78 is 18.5. The highest BCUT2D eigenvalue weighted by molar-refractivity contribution is 7.22. The number of hydrogen-bond acceptors (Lipinski definition) is 6. The first kappa shape index (κ1) is 23.3. The molecule has 0 fully saturated rings. The standard InChI is InChI=1S/C23H22N2O4S.C2H6/c1-4-11-29-19-10-7-16(12-20(19)28-3)25-14-24-18-13-21(30-22(18)23(25)26)15-5-8-17(27-2)9-6-15;1-2/h5-10,12-14H,4,11H2,1-3H3;1-2H3. The molecule has 168 valence electrons. The molecule has 0 bridgehead atoms. The van der Waals surface area contributed by atoms with E-state index in [1.54, 1.807) is 26.6 Å². The lowest BCUT2D eigenvalue weighted by Gasteiger charge is -2.12. The summed E-state index contributed by atoms with van der Waals surface area (Å²) in [6, 6.07) is 15.1. The molecule has 0 aliphatic rings. The lowest BCUT2D eigenvalue weighted by molar-refractivity contribution is 0.294. The minimum Gasteiger partial charge on any atom is -0.497 e. The van der Waals surface area contributed by atoms with Gasteiger partial charge in [-0.1, -0.05) is 20.8 Å². The van der Waals surface area contributed by atoms with Crippen LogP contribution in [0.5, 0.6) is 17.2 Å². The Bertz CT molecular complexity index is 1230. The molecule has 7 heteroatoms. The maximum atomic E-state index is 13.2. The fourth-order valence-corrected chi connectivity index (χ4v) is 4.18. The highest BCUT2D eigenvalue weighted by Gasteiger charge is 2.13. The summed E-state index contributed by atoms with van der Waals surface area (Å²) in [5.74, 6) is 2.03. The Labute approximate surface area is 192 Å². The SMILES string of the molecule is CC.CCCOc1ccc(-n2cnc3cc(-c4ccc(OC)cc4)sc3c2=O)cc1OC. The molecule has 4 rings (SSSR count). The van der Waals surface area contributed by atoms with E-state index in [4.69, 9.17) is 14.2 Å². The summed E-state index contributed by atoms with van der Waals surface area (Å²) in [7, 11) is 3.22. The van der Waals surface area contributed by atoms with Crippen LogP contribution in [0.15, 0.2) is 59.7 Å². The third-order valence-corrected chi connectivity index (χ3v) is 5.86. The van der Waals surface area contributed by atoms with Crippen molar-refractivity contribution in [1.82, 2.24) is 9.55 Å². The summed E-state index contributed by atoms with van der Waals surface area (Å²) in [5.41, 5.74) is 2.26. The van der Waals surface area contributed by atoms with E-state index >= 15 is 0 Å². The van der Waals surface area contributed by atoms with Crippen LogP contribution in [0.1, 0.15) is 27.2 Å². The van der Waals surface area contributed by atoms with Crippen LogP contribution < -0.4 is 19.8 Å². The van der Waals surface area contributed by atoms with Gasteiger partial charge in [-0.2, -0.15) is 0 Å². The van der Waals surface area contributed by atoms with Gasteiger partial charge in [-0.05, 0) is 54.4 Å².